The minimum absolute atomic E-state index is 0.0764. The van der Waals surface area contributed by atoms with Crippen molar-refractivity contribution in [3.8, 4) is 6.07 Å². The third-order valence-corrected chi connectivity index (χ3v) is 3.02. The first-order chi connectivity index (χ1) is 9.11. The van der Waals surface area contributed by atoms with Crippen LogP contribution in [0.4, 0.5) is 10.1 Å². The predicted octanol–water partition coefficient (Wildman–Crippen LogP) is 1.16. The van der Waals surface area contributed by atoms with Gasteiger partial charge >= 0.3 is 0 Å². The van der Waals surface area contributed by atoms with Gasteiger partial charge in [0, 0.05) is 13.0 Å². The van der Waals surface area contributed by atoms with E-state index < -0.39 is 5.82 Å². The standard InChI is InChI=1S/C13H12FN3O2/c14-10-2-1-3-11(9(10)6-15)17-13(19)8-4-5-12(18)16-7-8/h1-3,8H,4-5,7H2,(H,16,18)(H,17,19). The van der Waals surface area contributed by atoms with Crippen molar-refractivity contribution in [3.63, 3.8) is 0 Å². The fraction of sp³-hybridized carbons (Fsp3) is 0.308. The Labute approximate surface area is 109 Å². The van der Waals surface area contributed by atoms with Crippen molar-refractivity contribution in [2.75, 3.05) is 11.9 Å². The average Bonchev–Trinajstić information content (AvgIpc) is 2.39. The van der Waals surface area contributed by atoms with Gasteiger partial charge in [-0.2, -0.15) is 5.26 Å². The molecule has 1 unspecified atom stereocenters. The number of halogens is 1. The maximum Gasteiger partial charge on any atom is 0.229 e. The highest BCUT2D eigenvalue weighted by molar-refractivity contribution is 5.95. The second-order valence-electron chi connectivity index (χ2n) is 4.30. The SMILES string of the molecule is N#Cc1c(F)cccc1NC(=O)C1CCC(=O)NC1. The number of carbonyl (C=O) groups is 2. The number of rotatable bonds is 2. The zero-order valence-corrected chi connectivity index (χ0v) is 10.1. The van der Waals surface area contributed by atoms with E-state index in [0.717, 1.165) is 6.07 Å². The number of nitriles is 1. The zero-order chi connectivity index (χ0) is 13.8. The van der Waals surface area contributed by atoms with Gasteiger partial charge < -0.3 is 10.6 Å². The lowest BCUT2D eigenvalue weighted by molar-refractivity contribution is -0.126. The number of nitrogens with one attached hydrogen (secondary N) is 2. The summed E-state index contributed by atoms with van der Waals surface area (Å²) in [5.41, 5.74) is -0.0277. The van der Waals surface area contributed by atoms with Crippen molar-refractivity contribution >= 4 is 17.5 Å². The molecular weight excluding hydrogens is 249 g/mol. The van der Waals surface area contributed by atoms with Crippen LogP contribution in [0.1, 0.15) is 18.4 Å². The zero-order valence-electron chi connectivity index (χ0n) is 10.1. The van der Waals surface area contributed by atoms with Crippen LogP contribution in [0.2, 0.25) is 0 Å². The molecule has 1 saturated heterocycles. The number of hydrogen-bond acceptors (Lipinski definition) is 3. The van der Waals surface area contributed by atoms with Gasteiger partial charge in [0.1, 0.15) is 17.4 Å². The van der Waals surface area contributed by atoms with Crippen molar-refractivity contribution in [1.29, 1.82) is 5.26 Å². The number of hydrogen-bond donors (Lipinski definition) is 2. The molecule has 1 atom stereocenters. The molecule has 1 aromatic carbocycles. The minimum atomic E-state index is -0.669. The maximum absolute atomic E-state index is 13.4. The first-order valence-electron chi connectivity index (χ1n) is 5.88. The van der Waals surface area contributed by atoms with Crippen LogP contribution in [0.25, 0.3) is 0 Å². The highest BCUT2D eigenvalue weighted by atomic mass is 19.1. The molecule has 6 heteroatoms. The Morgan fingerprint density at radius 3 is 2.95 bits per heavy atom. The Balaban J connectivity index is 2.09. The highest BCUT2D eigenvalue weighted by Gasteiger charge is 2.25. The van der Waals surface area contributed by atoms with E-state index in [-0.39, 0.29) is 35.5 Å². The second kappa shape index (κ2) is 5.48. The topological polar surface area (TPSA) is 82.0 Å². The molecule has 0 aromatic heterocycles. The largest absolute Gasteiger partial charge is 0.355 e. The molecule has 2 rings (SSSR count). The smallest absolute Gasteiger partial charge is 0.229 e. The number of piperidine rings is 1. The summed E-state index contributed by atoms with van der Waals surface area (Å²) in [6, 6.07) is 5.78. The Bertz CT molecular complexity index is 555. The Kier molecular flexibility index (Phi) is 3.76. The lowest BCUT2D eigenvalue weighted by atomic mass is 9.98. The Morgan fingerprint density at radius 2 is 2.32 bits per heavy atom. The molecule has 1 heterocycles. The number of nitrogens with zero attached hydrogens (tertiary/aromatic N) is 1. The van der Waals surface area contributed by atoms with Gasteiger partial charge in [-0.3, -0.25) is 9.59 Å². The molecule has 1 aromatic rings. The molecule has 0 spiro atoms. The summed E-state index contributed by atoms with van der Waals surface area (Å²) in [5, 5.41) is 14.0. The van der Waals surface area contributed by atoms with Gasteiger partial charge in [0.2, 0.25) is 11.8 Å². The van der Waals surface area contributed by atoms with Crippen molar-refractivity contribution in [2.24, 2.45) is 5.92 Å². The van der Waals surface area contributed by atoms with E-state index in [1.807, 2.05) is 0 Å². The maximum atomic E-state index is 13.4. The minimum Gasteiger partial charge on any atom is -0.355 e. The molecule has 1 aliphatic heterocycles. The second-order valence-corrected chi connectivity index (χ2v) is 4.30. The van der Waals surface area contributed by atoms with E-state index in [0.29, 0.717) is 12.8 Å². The van der Waals surface area contributed by atoms with Crippen LogP contribution in [0.15, 0.2) is 18.2 Å². The van der Waals surface area contributed by atoms with Crippen LogP contribution in [0.3, 0.4) is 0 Å². The molecule has 2 amide bonds. The van der Waals surface area contributed by atoms with Crippen LogP contribution >= 0.6 is 0 Å². The van der Waals surface area contributed by atoms with E-state index in [9.17, 15) is 14.0 Å². The third kappa shape index (κ3) is 2.88. The molecule has 2 N–H and O–H groups in total. The summed E-state index contributed by atoms with van der Waals surface area (Å²) in [4.78, 5) is 23.0. The first-order valence-corrected chi connectivity index (χ1v) is 5.88. The van der Waals surface area contributed by atoms with E-state index in [1.54, 1.807) is 6.07 Å². The van der Waals surface area contributed by atoms with E-state index in [1.165, 1.54) is 12.1 Å². The van der Waals surface area contributed by atoms with Crippen LogP contribution in [-0.2, 0) is 9.59 Å². The number of carbonyl (C=O) groups excluding carboxylic acids is 2. The molecule has 19 heavy (non-hydrogen) atoms. The third-order valence-electron chi connectivity index (χ3n) is 3.02. The summed E-state index contributed by atoms with van der Waals surface area (Å²) in [6.45, 7) is 0.266. The first kappa shape index (κ1) is 13.0. The van der Waals surface area contributed by atoms with Crippen molar-refractivity contribution < 1.29 is 14.0 Å². The molecule has 1 aliphatic rings. The monoisotopic (exact) mass is 261 g/mol. The van der Waals surface area contributed by atoms with Gasteiger partial charge in [-0.25, -0.2) is 4.39 Å². The van der Waals surface area contributed by atoms with Crippen molar-refractivity contribution in [1.82, 2.24) is 5.32 Å². The summed E-state index contributed by atoms with van der Waals surface area (Å²) < 4.78 is 13.4. The molecule has 0 aliphatic carbocycles. The summed E-state index contributed by atoms with van der Waals surface area (Å²) >= 11 is 0. The lowest BCUT2D eigenvalue weighted by Crippen LogP contribution is -2.40. The Morgan fingerprint density at radius 1 is 1.53 bits per heavy atom. The fourth-order valence-electron chi connectivity index (χ4n) is 1.93. The number of anilines is 1. The van der Waals surface area contributed by atoms with Crippen molar-refractivity contribution in [3.05, 3.63) is 29.6 Å². The normalized spacial score (nSPS) is 18.3. The summed E-state index contributed by atoms with van der Waals surface area (Å²) in [6.07, 6.45) is 0.751. The van der Waals surface area contributed by atoms with Crippen LogP contribution < -0.4 is 10.6 Å². The molecule has 0 bridgehead atoms. The Hall–Kier alpha value is -2.42. The summed E-state index contributed by atoms with van der Waals surface area (Å²) in [5.74, 6) is -1.42. The lowest BCUT2D eigenvalue weighted by Gasteiger charge is -2.21. The van der Waals surface area contributed by atoms with E-state index in [4.69, 9.17) is 5.26 Å². The van der Waals surface area contributed by atoms with Gasteiger partial charge in [-0.15, -0.1) is 0 Å². The molecule has 0 radical (unpaired) electrons. The van der Waals surface area contributed by atoms with E-state index in [2.05, 4.69) is 10.6 Å². The molecule has 5 nitrogen and oxygen atoms in total. The van der Waals surface area contributed by atoms with Gasteiger partial charge in [-0.1, -0.05) is 6.07 Å². The highest BCUT2D eigenvalue weighted by Crippen LogP contribution is 2.20. The van der Waals surface area contributed by atoms with Gasteiger partial charge in [0.05, 0.1) is 11.6 Å². The average molecular weight is 261 g/mol. The van der Waals surface area contributed by atoms with Crippen LogP contribution in [0.5, 0.6) is 0 Å². The molecule has 1 fully saturated rings. The quantitative estimate of drug-likeness (QED) is 0.838. The number of amides is 2. The van der Waals surface area contributed by atoms with Gasteiger partial charge in [0.25, 0.3) is 0 Å². The van der Waals surface area contributed by atoms with Crippen LogP contribution in [0, 0.1) is 23.1 Å². The fourth-order valence-corrected chi connectivity index (χ4v) is 1.93. The van der Waals surface area contributed by atoms with Gasteiger partial charge in [-0.05, 0) is 18.6 Å². The molecule has 0 saturated carbocycles. The van der Waals surface area contributed by atoms with Gasteiger partial charge in [0.15, 0.2) is 0 Å². The van der Waals surface area contributed by atoms with E-state index >= 15 is 0 Å². The summed E-state index contributed by atoms with van der Waals surface area (Å²) in [7, 11) is 0. The molecule has 98 valence electrons. The van der Waals surface area contributed by atoms with Crippen LogP contribution in [-0.4, -0.2) is 18.4 Å². The predicted molar refractivity (Wildman–Crippen MR) is 65.5 cm³/mol. The van der Waals surface area contributed by atoms with Crippen molar-refractivity contribution in [2.45, 2.75) is 12.8 Å². The number of benzene rings is 1. The molecular formula is C13H12FN3O2.